The molecule has 1 aliphatic rings. The van der Waals surface area contributed by atoms with Crippen LogP contribution in [0.25, 0.3) is 0 Å². The Labute approximate surface area is 161 Å². The maximum Gasteiger partial charge on any atom is 0.220 e. The number of hydrogen-bond donors (Lipinski definition) is 1. The van der Waals surface area contributed by atoms with Gasteiger partial charge in [-0.3, -0.25) is 4.79 Å². The summed E-state index contributed by atoms with van der Waals surface area (Å²) in [6, 6.07) is 14.7. The minimum Gasteiger partial charge on any atom is -0.486 e. The van der Waals surface area contributed by atoms with Crippen LogP contribution in [0.2, 0.25) is 0 Å². The van der Waals surface area contributed by atoms with Crippen molar-refractivity contribution in [2.24, 2.45) is 0 Å². The lowest BCUT2D eigenvalue weighted by Crippen LogP contribution is -2.25. The van der Waals surface area contributed by atoms with Gasteiger partial charge in [-0.2, -0.15) is 0 Å². The van der Waals surface area contributed by atoms with Crippen molar-refractivity contribution in [2.45, 2.75) is 45.4 Å². The Morgan fingerprint density at radius 2 is 1.67 bits per heavy atom. The summed E-state index contributed by atoms with van der Waals surface area (Å²) >= 11 is 0. The largest absolute Gasteiger partial charge is 0.486 e. The Kier molecular flexibility index (Phi) is 6.74. The van der Waals surface area contributed by atoms with Crippen molar-refractivity contribution in [1.82, 2.24) is 5.32 Å². The van der Waals surface area contributed by atoms with E-state index >= 15 is 0 Å². The summed E-state index contributed by atoms with van der Waals surface area (Å²) in [6.45, 7) is 6.30. The molecule has 144 valence electrons. The molecule has 2 aromatic carbocycles. The predicted octanol–water partition coefficient (Wildman–Crippen LogP) is 4.26. The fourth-order valence-corrected chi connectivity index (χ4v) is 3.18. The molecular formula is C23H29NO3. The third kappa shape index (κ3) is 5.75. The summed E-state index contributed by atoms with van der Waals surface area (Å²) in [5.74, 6) is 2.23. The van der Waals surface area contributed by atoms with E-state index in [0.717, 1.165) is 29.9 Å². The Balaban J connectivity index is 1.35. The zero-order valence-corrected chi connectivity index (χ0v) is 16.3. The van der Waals surface area contributed by atoms with Gasteiger partial charge in [0.25, 0.3) is 0 Å². The summed E-state index contributed by atoms with van der Waals surface area (Å²) in [6.07, 6.45) is 3.14. The number of hydrogen-bond acceptors (Lipinski definition) is 3. The van der Waals surface area contributed by atoms with E-state index in [1.807, 2.05) is 18.2 Å². The van der Waals surface area contributed by atoms with Gasteiger partial charge < -0.3 is 14.8 Å². The van der Waals surface area contributed by atoms with Gasteiger partial charge in [0.15, 0.2) is 11.5 Å². The second-order valence-corrected chi connectivity index (χ2v) is 7.33. The van der Waals surface area contributed by atoms with Crippen LogP contribution in [0.4, 0.5) is 0 Å². The van der Waals surface area contributed by atoms with E-state index in [1.165, 1.54) is 11.1 Å². The van der Waals surface area contributed by atoms with Gasteiger partial charge in [-0.15, -0.1) is 0 Å². The van der Waals surface area contributed by atoms with Gasteiger partial charge in [0, 0.05) is 13.0 Å². The Hall–Kier alpha value is -2.49. The zero-order valence-electron chi connectivity index (χ0n) is 16.3. The average Bonchev–Trinajstić information content (AvgIpc) is 2.70. The molecule has 2 aromatic rings. The van der Waals surface area contributed by atoms with E-state index in [4.69, 9.17) is 9.47 Å². The van der Waals surface area contributed by atoms with Gasteiger partial charge in [-0.1, -0.05) is 44.2 Å². The number of benzene rings is 2. The Morgan fingerprint density at radius 1 is 0.963 bits per heavy atom. The zero-order chi connectivity index (χ0) is 19.1. The van der Waals surface area contributed by atoms with Gasteiger partial charge in [-0.25, -0.2) is 0 Å². The lowest BCUT2D eigenvalue weighted by Gasteiger charge is -2.18. The van der Waals surface area contributed by atoms with Gasteiger partial charge in [0.2, 0.25) is 5.91 Å². The minimum atomic E-state index is 0.0973. The molecule has 1 N–H and O–H groups in total. The van der Waals surface area contributed by atoms with E-state index in [2.05, 4.69) is 43.4 Å². The molecule has 0 spiro atoms. The lowest BCUT2D eigenvalue weighted by atomic mass is 10.0. The van der Waals surface area contributed by atoms with Gasteiger partial charge in [0.1, 0.15) is 13.2 Å². The normalized spacial score (nSPS) is 12.9. The highest BCUT2D eigenvalue weighted by Gasteiger charge is 2.12. The number of carbonyl (C=O) groups is 1. The Bertz CT molecular complexity index is 753. The minimum absolute atomic E-state index is 0.0973. The molecule has 27 heavy (non-hydrogen) atoms. The number of nitrogens with one attached hydrogen (secondary N) is 1. The number of rotatable bonds is 8. The molecule has 0 aliphatic carbocycles. The highest BCUT2D eigenvalue weighted by molar-refractivity contribution is 5.76. The van der Waals surface area contributed by atoms with Crippen molar-refractivity contribution < 1.29 is 14.3 Å². The smallest absolute Gasteiger partial charge is 0.220 e. The van der Waals surface area contributed by atoms with Crippen LogP contribution in [0.1, 0.15) is 49.3 Å². The van der Waals surface area contributed by atoms with Crippen LogP contribution in [-0.4, -0.2) is 25.7 Å². The van der Waals surface area contributed by atoms with Crippen molar-refractivity contribution >= 4 is 5.91 Å². The quantitative estimate of drug-likeness (QED) is 0.709. The monoisotopic (exact) mass is 367 g/mol. The first-order chi connectivity index (χ1) is 13.1. The van der Waals surface area contributed by atoms with Crippen LogP contribution in [0, 0.1) is 0 Å². The first-order valence-electron chi connectivity index (χ1n) is 9.86. The van der Waals surface area contributed by atoms with Gasteiger partial charge >= 0.3 is 0 Å². The maximum absolute atomic E-state index is 12.1. The van der Waals surface area contributed by atoms with E-state index in [-0.39, 0.29) is 5.91 Å². The molecule has 0 radical (unpaired) electrons. The molecule has 1 heterocycles. The SMILES string of the molecule is CC(C)c1ccc(CCCNC(=O)CCc2ccc3c(c2)OCCO3)cc1. The summed E-state index contributed by atoms with van der Waals surface area (Å²) in [7, 11) is 0. The third-order valence-corrected chi connectivity index (χ3v) is 4.86. The highest BCUT2D eigenvalue weighted by atomic mass is 16.6. The number of fused-ring (bicyclic) bond motifs is 1. The van der Waals surface area contributed by atoms with Crippen molar-refractivity contribution in [3.05, 3.63) is 59.2 Å². The molecule has 0 saturated heterocycles. The molecular weight excluding hydrogens is 338 g/mol. The van der Waals surface area contributed by atoms with Gasteiger partial charge in [0.05, 0.1) is 0 Å². The second-order valence-electron chi connectivity index (χ2n) is 7.33. The van der Waals surface area contributed by atoms with E-state index < -0.39 is 0 Å². The summed E-state index contributed by atoms with van der Waals surface area (Å²) in [5, 5.41) is 3.02. The van der Waals surface area contributed by atoms with Crippen LogP contribution in [0.5, 0.6) is 11.5 Å². The van der Waals surface area contributed by atoms with E-state index in [9.17, 15) is 4.79 Å². The summed E-state index contributed by atoms with van der Waals surface area (Å²) in [4.78, 5) is 12.1. The standard InChI is InChI=1S/C23H29NO3/c1-17(2)20-9-5-18(6-10-20)4-3-13-24-23(25)12-8-19-7-11-21-22(16-19)27-15-14-26-21/h5-7,9-11,16-17H,3-4,8,12-15H2,1-2H3,(H,24,25). The molecule has 4 nitrogen and oxygen atoms in total. The average molecular weight is 367 g/mol. The molecule has 4 heteroatoms. The number of aryl methyl sites for hydroxylation is 2. The van der Waals surface area contributed by atoms with Crippen molar-refractivity contribution in [3.63, 3.8) is 0 Å². The number of ether oxygens (including phenoxy) is 2. The number of amides is 1. The van der Waals surface area contributed by atoms with Gasteiger partial charge in [-0.05, 0) is 54.0 Å². The first kappa shape index (κ1) is 19.3. The van der Waals surface area contributed by atoms with E-state index in [0.29, 0.717) is 38.5 Å². The third-order valence-electron chi connectivity index (χ3n) is 4.86. The number of carbonyl (C=O) groups excluding carboxylic acids is 1. The van der Waals surface area contributed by atoms with E-state index in [1.54, 1.807) is 0 Å². The Morgan fingerprint density at radius 3 is 2.41 bits per heavy atom. The lowest BCUT2D eigenvalue weighted by molar-refractivity contribution is -0.121. The maximum atomic E-state index is 12.1. The molecule has 0 unspecified atom stereocenters. The molecule has 0 aromatic heterocycles. The van der Waals surface area contributed by atoms with Crippen molar-refractivity contribution in [1.29, 1.82) is 0 Å². The van der Waals surface area contributed by atoms with Crippen molar-refractivity contribution in [3.8, 4) is 11.5 Å². The fraction of sp³-hybridized carbons (Fsp3) is 0.435. The van der Waals surface area contributed by atoms with Crippen molar-refractivity contribution in [2.75, 3.05) is 19.8 Å². The summed E-state index contributed by atoms with van der Waals surface area (Å²) < 4.78 is 11.1. The molecule has 0 saturated carbocycles. The highest BCUT2D eigenvalue weighted by Crippen LogP contribution is 2.31. The van der Waals surface area contributed by atoms with Crippen LogP contribution in [0.3, 0.4) is 0 Å². The molecule has 0 fully saturated rings. The molecule has 1 amide bonds. The van der Waals surface area contributed by atoms with Crippen LogP contribution >= 0.6 is 0 Å². The first-order valence-corrected chi connectivity index (χ1v) is 9.86. The van der Waals surface area contributed by atoms with Crippen LogP contribution in [-0.2, 0) is 17.6 Å². The summed E-state index contributed by atoms with van der Waals surface area (Å²) in [5.41, 5.74) is 3.79. The topological polar surface area (TPSA) is 47.6 Å². The second kappa shape index (κ2) is 9.45. The molecule has 3 rings (SSSR count). The van der Waals surface area contributed by atoms with Crippen LogP contribution in [0.15, 0.2) is 42.5 Å². The molecule has 1 aliphatic heterocycles. The predicted molar refractivity (Wildman–Crippen MR) is 108 cm³/mol. The molecule has 0 bridgehead atoms. The molecule has 0 atom stereocenters. The van der Waals surface area contributed by atoms with Crippen LogP contribution < -0.4 is 14.8 Å². The fourth-order valence-electron chi connectivity index (χ4n) is 3.18.